The Hall–Kier alpha value is -1.62. The van der Waals surface area contributed by atoms with Gasteiger partial charge in [0, 0.05) is 25.3 Å². The van der Waals surface area contributed by atoms with Crippen molar-refractivity contribution >= 4 is 23.1 Å². The van der Waals surface area contributed by atoms with E-state index in [1.54, 1.807) is 11.3 Å². The highest BCUT2D eigenvalue weighted by molar-refractivity contribution is 7.07. The first-order valence-electron chi connectivity index (χ1n) is 6.71. The Balaban J connectivity index is 1.81. The van der Waals surface area contributed by atoms with E-state index in [9.17, 15) is 0 Å². The minimum absolute atomic E-state index is 0.643. The van der Waals surface area contributed by atoms with Gasteiger partial charge in [0.25, 0.3) is 0 Å². The second-order valence-corrected chi connectivity index (χ2v) is 5.54. The molecule has 19 heavy (non-hydrogen) atoms. The summed E-state index contributed by atoms with van der Waals surface area (Å²) in [6, 6.07) is 4.84. The fourth-order valence-corrected chi connectivity index (χ4v) is 2.77. The van der Waals surface area contributed by atoms with Crippen LogP contribution in [0.3, 0.4) is 0 Å². The van der Waals surface area contributed by atoms with E-state index in [0.717, 1.165) is 24.9 Å². The number of aromatic nitrogens is 2. The summed E-state index contributed by atoms with van der Waals surface area (Å²) in [7, 11) is 0. The van der Waals surface area contributed by atoms with E-state index in [0.29, 0.717) is 6.04 Å². The van der Waals surface area contributed by atoms with Crippen LogP contribution < -0.4 is 10.2 Å². The monoisotopic (exact) mass is 274 g/mol. The fourth-order valence-electron chi connectivity index (χ4n) is 2.12. The van der Waals surface area contributed by atoms with Crippen molar-refractivity contribution in [3.05, 3.63) is 34.7 Å². The third kappa shape index (κ3) is 3.04. The van der Waals surface area contributed by atoms with Crippen LogP contribution >= 0.6 is 11.3 Å². The summed E-state index contributed by atoms with van der Waals surface area (Å²) in [6.45, 7) is 3.84. The maximum absolute atomic E-state index is 4.61. The molecule has 0 aromatic carbocycles. The molecule has 0 unspecified atom stereocenters. The average Bonchev–Trinajstić information content (AvgIpc) is 3.14. The first kappa shape index (κ1) is 12.4. The van der Waals surface area contributed by atoms with Gasteiger partial charge in [-0.15, -0.1) is 0 Å². The normalized spacial score (nSPS) is 14.4. The second-order valence-electron chi connectivity index (χ2n) is 4.76. The summed E-state index contributed by atoms with van der Waals surface area (Å²) in [5, 5.41) is 7.51. The number of hydrogen-bond acceptors (Lipinski definition) is 5. The first-order chi connectivity index (χ1) is 9.36. The van der Waals surface area contributed by atoms with Crippen molar-refractivity contribution in [1.29, 1.82) is 0 Å². The lowest BCUT2D eigenvalue weighted by molar-refractivity contribution is 0.777. The Morgan fingerprint density at radius 2 is 2.32 bits per heavy atom. The van der Waals surface area contributed by atoms with Crippen molar-refractivity contribution < 1.29 is 0 Å². The van der Waals surface area contributed by atoms with Crippen LogP contribution in [0.25, 0.3) is 0 Å². The molecule has 0 aliphatic heterocycles. The zero-order valence-electron chi connectivity index (χ0n) is 11.0. The standard InChI is InChI=1S/C14H18N4S/c1-2-15-14-16-7-5-13(17-14)18(12-3-4-12)9-11-6-8-19-10-11/h5-8,10,12H,2-4,9H2,1H3,(H,15,16,17). The average molecular weight is 274 g/mol. The van der Waals surface area contributed by atoms with Gasteiger partial charge < -0.3 is 10.2 Å². The van der Waals surface area contributed by atoms with E-state index < -0.39 is 0 Å². The van der Waals surface area contributed by atoms with Gasteiger partial charge in [-0.25, -0.2) is 4.98 Å². The van der Waals surface area contributed by atoms with Gasteiger partial charge in [0.05, 0.1) is 0 Å². The predicted octanol–water partition coefficient (Wildman–Crippen LogP) is 3.14. The highest BCUT2D eigenvalue weighted by Crippen LogP contribution is 2.32. The van der Waals surface area contributed by atoms with E-state index in [4.69, 9.17) is 0 Å². The fraction of sp³-hybridized carbons (Fsp3) is 0.429. The van der Waals surface area contributed by atoms with Gasteiger partial charge in [-0.2, -0.15) is 16.3 Å². The van der Waals surface area contributed by atoms with Gasteiger partial charge in [0.15, 0.2) is 0 Å². The summed E-state index contributed by atoms with van der Waals surface area (Å²) < 4.78 is 0. The van der Waals surface area contributed by atoms with E-state index >= 15 is 0 Å². The van der Waals surface area contributed by atoms with E-state index in [1.807, 2.05) is 12.3 Å². The number of rotatable bonds is 6. The topological polar surface area (TPSA) is 41.1 Å². The van der Waals surface area contributed by atoms with Crippen molar-refractivity contribution in [3.63, 3.8) is 0 Å². The predicted molar refractivity (Wildman–Crippen MR) is 79.7 cm³/mol. The molecule has 1 fully saturated rings. The number of anilines is 2. The highest BCUT2D eigenvalue weighted by atomic mass is 32.1. The molecule has 0 bridgehead atoms. The van der Waals surface area contributed by atoms with Crippen LogP contribution in [0.5, 0.6) is 0 Å². The van der Waals surface area contributed by atoms with Crippen molar-refractivity contribution in [2.45, 2.75) is 32.4 Å². The third-order valence-corrected chi connectivity index (χ3v) is 3.92. The van der Waals surface area contributed by atoms with Gasteiger partial charge in [-0.05, 0) is 48.2 Å². The lowest BCUT2D eigenvalue weighted by Crippen LogP contribution is -2.26. The van der Waals surface area contributed by atoms with E-state index in [2.05, 4.69) is 43.9 Å². The molecule has 1 aliphatic rings. The van der Waals surface area contributed by atoms with Crippen LogP contribution in [0.1, 0.15) is 25.3 Å². The maximum atomic E-state index is 4.61. The minimum Gasteiger partial charge on any atom is -0.354 e. The molecule has 1 N–H and O–H groups in total. The van der Waals surface area contributed by atoms with Crippen LogP contribution in [0.15, 0.2) is 29.1 Å². The second kappa shape index (κ2) is 5.57. The molecule has 2 aromatic rings. The van der Waals surface area contributed by atoms with Crippen molar-refractivity contribution in [2.24, 2.45) is 0 Å². The summed E-state index contributed by atoms with van der Waals surface area (Å²) in [5.74, 6) is 1.75. The smallest absolute Gasteiger partial charge is 0.224 e. The molecule has 0 amide bonds. The number of nitrogens with one attached hydrogen (secondary N) is 1. The summed E-state index contributed by atoms with van der Waals surface area (Å²) in [6.07, 6.45) is 4.37. The van der Waals surface area contributed by atoms with Crippen LogP contribution in [-0.4, -0.2) is 22.6 Å². The largest absolute Gasteiger partial charge is 0.354 e. The quantitative estimate of drug-likeness (QED) is 0.878. The molecule has 2 aromatic heterocycles. The molecule has 3 rings (SSSR count). The molecule has 0 spiro atoms. The maximum Gasteiger partial charge on any atom is 0.224 e. The van der Waals surface area contributed by atoms with Gasteiger partial charge in [-0.1, -0.05) is 0 Å². The van der Waals surface area contributed by atoms with Crippen LogP contribution in [0.2, 0.25) is 0 Å². The van der Waals surface area contributed by atoms with Crippen LogP contribution in [-0.2, 0) is 6.54 Å². The minimum atomic E-state index is 0.643. The number of thiophene rings is 1. The Morgan fingerprint density at radius 3 is 3.00 bits per heavy atom. The summed E-state index contributed by atoms with van der Waals surface area (Å²) >= 11 is 1.75. The van der Waals surface area contributed by atoms with E-state index in [1.165, 1.54) is 18.4 Å². The van der Waals surface area contributed by atoms with Gasteiger partial charge in [-0.3, -0.25) is 0 Å². The number of nitrogens with zero attached hydrogens (tertiary/aromatic N) is 3. The molecule has 2 heterocycles. The molecule has 0 radical (unpaired) electrons. The molecule has 0 saturated heterocycles. The Kier molecular flexibility index (Phi) is 3.64. The number of hydrogen-bond donors (Lipinski definition) is 1. The molecule has 0 atom stereocenters. The zero-order chi connectivity index (χ0) is 13.1. The molecule has 1 aliphatic carbocycles. The van der Waals surface area contributed by atoms with Gasteiger partial charge in [0.1, 0.15) is 5.82 Å². The Morgan fingerprint density at radius 1 is 1.42 bits per heavy atom. The molecule has 5 heteroatoms. The Labute approximate surface area is 117 Å². The first-order valence-corrected chi connectivity index (χ1v) is 7.65. The highest BCUT2D eigenvalue weighted by Gasteiger charge is 2.30. The molecule has 100 valence electrons. The lowest BCUT2D eigenvalue weighted by atomic mass is 10.3. The zero-order valence-corrected chi connectivity index (χ0v) is 11.9. The third-order valence-electron chi connectivity index (χ3n) is 3.19. The van der Waals surface area contributed by atoms with Crippen molar-refractivity contribution in [2.75, 3.05) is 16.8 Å². The Bertz CT molecular complexity index is 522. The van der Waals surface area contributed by atoms with Crippen molar-refractivity contribution in [3.8, 4) is 0 Å². The van der Waals surface area contributed by atoms with Crippen LogP contribution in [0, 0.1) is 0 Å². The summed E-state index contributed by atoms with van der Waals surface area (Å²) in [4.78, 5) is 11.2. The van der Waals surface area contributed by atoms with Crippen LogP contribution in [0.4, 0.5) is 11.8 Å². The van der Waals surface area contributed by atoms with Gasteiger partial charge in [0.2, 0.25) is 5.95 Å². The lowest BCUT2D eigenvalue weighted by Gasteiger charge is -2.23. The van der Waals surface area contributed by atoms with Crippen molar-refractivity contribution in [1.82, 2.24) is 9.97 Å². The van der Waals surface area contributed by atoms with Gasteiger partial charge >= 0.3 is 0 Å². The molecule has 1 saturated carbocycles. The van der Waals surface area contributed by atoms with E-state index in [-0.39, 0.29) is 0 Å². The molecule has 4 nitrogen and oxygen atoms in total. The summed E-state index contributed by atoms with van der Waals surface area (Å²) in [5.41, 5.74) is 1.36. The molecular formula is C14H18N4S. The molecular weight excluding hydrogens is 256 g/mol. The SMILES string of the molecule is CCNc1nccc(N(Cc2ccsc2)C2CC2)n1.